The minimum atomic E-state index is -4.60. The first-order valence-electron chi connectivity index (χ1n) is 12.8. The summed E-state index contributed by atoms with van der Waals surface area (Å²) in [5.74, 6) is 0.997. The van der Waals surface area contributed by atoms with Gasteiger partial charge >= 0.3 is 6.18 Å². The fourth-order valence-electron chi connectivity index (χ4n) is 5.13. The lowest BCUT2D eigenvalue weighted by molar-refractivity contribution is -0.137. The Morgan fingerprint density at radius 2 is 1.53 bits per heavy atom. The van der Waals surface area contributed by atoms with Crippen LogP contribution in [0.1, 0.15) is 74.8 Å². The van der Waals surface area contributed by atoms with E-state index in [-0.39, 0.29) is 17.9 Å². The van der Waals surface area contributed by atoms with Gasteiger partial charge in [-0.25, -0.2) is 4.98 Å². The minimum Gasteiger partial charge on any atom is -0.490 e. The van der Waals surface area contributed by atoms with Crippen LogP contribution >= 0.6 is 0 Å². The molecule has 5 nitrogen and oxygen atoms in total. The van der Waals surface area contributed by atoms with Crippen molar-refractivity contribution in [1.82, 2.24) is 9.97 Å². The quantitative estimate of drug-likeness (QED) is 0.344. The van der Waals surface area contributed by atoms with E-state index in [0.717, 1.165) is 37.6 Å². The molecule has 0 atom stereocenters. The highest BCUT2D eigenvalue weighted by Gasteiger charge is 2.35. The standard InChI is InChI=1S/C28H31F3N4O/c29-28(30,31)25-18-32-27(34-21-15-13-20(14-16-21)19-7-2-1-3-8-19)35-26(25)33-22-9-6-12-24(17-22)36-23-10-4-5-11-23/h6,9,12-19,23H,1-5,7-8,10-11H2,(H2,32,33,34,35). The van der Waals surface area contributed by atoms with Crippen LogP contribution in [-0.4, -0.2) is 16.1 Å². The lowest BCUT2D eigenvalue weighted by Crippen LogP contribution is -2.13. The Morgan fingerprint density at radius 1 is 0.806 bits per heavy atom. The zero-order chi connectivity index (χ0) is 25.0. The van der Waals surface area contributed by atoms with E-state index in [2.05, 4.69) is 32.7 Å². The molecule has 0 bridgehead atoms. The number of rotatable bonds is 7. The van der Waals surface area contributed by atoms with Crippen molar-refractivity contribution in [3.05, 3.63) is 65.9 Å². The average molecular weight is 497 g/mol. The Morgan fingerprint density at radius 3 is 2.25 bits per heavy atom. The van der Waals surface area contributed by atoms with Gasteiger partial charge in [0.2, 0.25) is 5.95 Å². The summed E-state index contributed by atoms with van der Waals surface area (Å²) in [6, 6.07) is 15.0. The highest BCUT2D eigenvalue weighted by atomic mass is 19.4. The number of hydrogen-bond acceptors (Lipinski definition) is 5. The molecule has 3 aromatic rings. The zero-order valence-corrected chi connectivity index (χ0v) is 20.2. The van der Waals surface area contributed by atoms with Gasteiger partial charge in [-0.15, -0.1) is 0 Å². The van der Waals surface area contributed by atoms with Crippen LogP contribution in [0.15, 0.2) is 54.7 Å². The van der Waals surface area contributed by atoms with E-state index in [9.17, 15) is 13.2 Å². The molecule has 0 aliphatic heterocycles. The Balaban J connectivity index is 1.33. The van der Waals surface area contributed by atoms with Crippen molar-refractivity contribution < 1.29 is 17.9 Å². The largest absolute Gasteiger partial charge is 0.490 e. The SMILES string of the molecule is FC(F)(F)c1cnc(Nc2ccc(C3CCCCC3)cc2)nc1Nc1cccc(OC2CCCC2)c1. The normalized spacial score (nSPS) is 17.2. The maximum atomic E-state index is 13.7. The molecule has 1 heterocycles. The molecule has 2 aromatic carbocycles. The summed E-state index contributed by atoms with van der Waals surface area (Å²) >= 11 is 0. The molecule has 2 aliphatic carbocycles. The Bertz CT molecular complexity index is 1150. The summed E-state index contributed by atoms with van der Waals surface area (Å²) in [5.41, 5.74) is 1.57. The minimum absolute atomic E-state index is 0.0919. The molecular weight excluding hydrogens is 465 g/mol. The van der Waals surface area contributed by atoms with Crippen molar-refractivity contribution >= 4 is 23.1 Å². The van der Waals surface area contributed by atoms with Gasteiger partial charge < -0.3 is 15.4 Å². The first kappa shape index (κ1) is 24.4. The van der Waals surface area contributed by atoms with Gasteiger partial charge in [0.15, 0.2) is 0 Å². The summed E-state index contributed by atoms with van der Waals surface area (Å²) in [5, 5.41) is 5.88. The predicted molar refractivity (Wildman–Crippen MR) is 135 cm³/mol. The number of aromatic nitrogens is 2. The van der Waals surface area contributed by atoms with Gasteiger partial charge in [0.05, 0.1) is 6.10 Å². The second kappa shape index (κ2) is 10.8. The Kier molecular flexibility index (Phi) is 7.30. The van der Waals surface area contributed by atoms with Gasteiger partial charge in [-0.1, -0.05) is 37.5 Å². The first-order valence-corrected chi connectivity index (χ1v) is 12.8. The van der Waals surface area contributed by atoms with Crippen LogP contribution in [-0.2, 0) is 6.18 Å². The van der Waals surface area contributed by atoms with Gasteiger partial charge in [0.25, 0.3) is 0 Å². The van der Waals surface area contributed by atoms with E-state index in [1.165, 1.54) is 37.7 Å². The van der Waals surface area contributed by atoms with E-state index in [1.54, 1.807) is 18.2 Å². The third-order valence-electron chi connectivity index (χ3n) is 7.04. The molecule has 0 amide bonds. The van der Waals surface area contributed by atoms with Crippen LogP contribution in [0, 0.1) is 0 Å². The molecule has 2 fully saturated rings. The molecule has 5 rings (SSSR count). The zero-order valence-electron chi connectivity index (χ0n) is 20.2. The number of nitrogens with one attached hydrogen (secondary N) is 2. The molecular formula is C28H31F3N4O. The van der Waals surface area contributed by atoms with Crippen molar-refractivity contribution in [2.45, 2.75) is 76.0 Å². The highest BCUT2D eigenvalue weighted by Crippen LogP contribution is 2.37. The average Bonchev–Trinajstić information content (AvgIpc) is 3.38. The maximum absolute atomic E-state index is 13.7. The van der Waals surface area contributed by atoms with E-state index in [1.807, 2.05) is 18.2 Å². The fourth-order valence-corrected chi connectivity index (χ4v) is 5.13. The lowest BCUT2D eigenvalue weighted by atomic mass is 9.84. The van der Waals surface area contributed by atoms with Crippen molar-refractivity contribution in [2.75, 3.05) is 10.6 Å². The van der Waals surface area contributed by atoms with Gasteiger partial charge in [-0.05, 0) is 74.3 Å². The second-order valence-corrected chi connectivity index (χ2v) is 9.71. The molecule has 2 saturated carbocycles. The molecule has 2 aliphatic rings. The van der Waals surface area contributed by atoms with Crippen LogP contribution in [0.4, 0.5) is 36.3 Å². The molecule has 0 radical (unpaired) electrons. The van der Waals surface area contributed by atoms with Gasteiger partial charge in [0, 0.05) is 23.6 Å². The van der Waals surface area contributed by atoms with E-state index >= 15 is 0 Å². The molecule has 8 heteroatoms. The van der Waals surface area contributed by atoms with Gasteiger partial charge in [0.1, 0.15) is 17.1 Å². The van der Waals surface area contributed by atoms with Crippen LogP contribution in [0.3, 0.4) is 0 Å². The monoisotopic (exact) mass is 496 g/mol. The summed E-state index contributed by atoms with van der Waals surface area (Å²) in [4.78, 5) is 8.11. The first-order chi connectivity index (χ1) is 17.4. The Hall–Kier alpha value is -3.29. The van der Waals surface area contributed by atoms with Gasteiger partial charge in [-0.2, -0.15) is 18.2 Å². The number of benzene rings is 2. The molecule has 0 spiro atoms. The van der Waals surface area contributed by atoms with Crippen LogP contribution in [0.25, 0.3) is 0 Å². The van der Waals surface area contributed by atoms with E-state index in [0.29, 0.717) is 17.4 Å². The molecule has 190 valence electrons. The number of ether oxygens (including phenoxy) is 1. The molecule has 0 saturated heterocycles. The fraction of sp³-hybridized carbons (Fsp3) is 0.429. The smallest absolute Gasteiger partial charge is 0.421 e. The lowest BCUT2D eigenvalue weighted by Gasteiger charge is -2.22. The maximum Gasteiger partial charge on any atom is 0.421 e. The second-order valence-electron chi connectivity index (χ2n) is 9.71. The number of anilines is 4. The molecule has 1 aromatic heterocycles. The van der Waals surface area contributed by atoms with E-state index in [4.69, 9.17) is 4.74 Å². The predicted octanol–water partition coefficient (Wildman–Crippen LogP) is 8.35. The van der Waals surface area contributed by atoms with Crippen molar-refractivity contribution in [3.63, 3.8) is 0 Å². The summed E-state index contributed by atoms with van der Waals surface area (Å²) in [6.45, 7) is 0. The number of alkyl halides is 3. The van der Waals surface area contributed by atoms with Crippen LogP contribution < -0.4 is 15.4 Å². The Labute approximate surface area is 209 Å². The number of hydrogen-bond donors (Lipinski definition) is 2. The van der Waals surface area contributed by atoms with Crippen LogP contribution in [0.2, 0.25) is 0 Å². The van der Waals surface area contributed by atoms with Crippen LogP contribution in [0.5, 0.6) is 5.75 Å². The van der Waals surface area contributed by atoms with E-state index < -0.39 is 11.7 Å². The molecule has 0 unspecified atom stereocenters. The third-order valence-corrected chi connectivity index (χ3v) is 7.04. The van der Waals surface area contributed by atoms with Crippen molar-refractivity contribution in [2.24, 2.45) is 0 Å². The topological polar surface area (TPSA) is 59.1 Å². The molecule has 36 heavy (non-hydrogen) atoms. The van der Waals surface area contributed by atoms with Gasteiger partial charge in [-0.3, -0.25) is 0 Å². The third kappa shape index (κ3) is 6.09. The van der Waals surface area contributed by atoms with Crippen molar-refractivity contribution in [1.29, 1.82) is 0 Å². The molecule has 2 N–H and O–H groups in total. The summed E-state index contributed by atoms with van der Waals surface area (Å²) < 4.78 is 47.1. The highest BCUT2D eigenvalue weighted by molar-refractivity contribution is 5.64. The summed E-state index contributed by atoms with van der Waals surface area (Å²) in [6.07, 6.45) is 6.87. The number of nitrogens with zero attached hydrogens (tertiary/aromatic N) is 2. The van der Waals surface area contributed by atoms with Crippen molar-refractivity contribution in [3.8, 4) is 5.75 Å². The summed E-state index contributed by atoms with van der Waals surface area (Å²) in [7, 11) is 0. The number of halogens is 3.